The highest BCUT2D eigenvalue weighted by Crippen LogP contribution is 2.34. The number of aromatic nitrogens is 3. The summed E-state index contributed by atoms with van der Waals surface area (Å²) in [6.07, 6.45) is 3.12. The highest BCUT2D eigenvalue weighted by molar-refractivity contribution is 6.28. The molecule has 87 heavy (non-hydrogen) atoms. The maximum absolute atomic E-state index is 9.10. The Hall–Kier alpha value is -9.96. The van der Waals surface area contributed by atoms with E-state index in [4.69, 9.17) is 59.4 Å². The second-order valence-electron chi connectivity index (χ2n) is 20.3. The molecular formula is C66H75N9O12. The fourth-order valence-corrected chi connectivity index (χ4v) is 10.7. The molecule has 0 unspecified atom stereocenters. The molecule has 0 amide bonds. The van der Waals surface area contributed by atoms with Gasteiger partial charge in [0.15, 0.2) is 0 Å². The molecule has 0 fully saturated rings. The van der Waals surface area contributed by atoms with Gasteiger partial charge >= 0.3 is 35.8 Å². The zero-order valence-corrected chi connectivity index (χ0v) is 48.9. The minimum Gasteiger partial charge on any atom is -0.473 e. The molecule has 0 aliphatic rings. The van der Waals surface area contributed by atoms with E-state index >= 15 is 0 Å². The molecule has 3 heterocycles. The summed E-state index contributed by atoms with van der Waals surface area (Å²) in [7, 11) is 0. The van der Waals surface area contributed by atoms with Crippen molar-refractivity contribution >= 4 is 118 Å². The second-order valence-corrected chi connectivity index (χ2v) is 20.3. The van der Waals surface area contributed by atoms with Crippen LogP contribution in [-0.2, 0) is 68.0 Å². The molecule has 3 aromatic heterocycles. The number of nitrogens with one attached hydrogen (secondary N) is 6. The fourth-order valence-electron chi connectivity index (χ4n) is 10.7. The van der Waals surface area contributed by atoms with E-state index in [1.54, 1.807) is 0 Å². The number of hydrogen-bond donors (Lipinski definition) is 12. The number of rotatable bonds is 24. The maximum Gasteiger partial charge on any atom is 0.414 e. The number of anilines is 3. The molecule has 7 aromatic carbocycles. The van der Waals surface area contributed by atoms with Crippen molar-refractivity contribution in [1.29, 1.82) is 0 Å². The van der Waals surface area contributed by atoms with Crippen LogP contribution in [0.2, 0.25) is 0 Å². The molecule has 0 aliphatic heterocycles. The van der Waals surface area contributed by atoms with E-state index in [0.717, 1.165) is 97.8 Å². The number of aliphatic carboxylic acids is 6. The first kappa shape index (κ1) is 64.6. The van der Waals surface area contributed by atoms with Gasteiger partial charge in [-0.15, -0.1) is 0 Å². The van der Waals surface area contributed by atoms with Gasteiger partial charge in [-0.3, -0.25) is 0 Å². The van der Waals surface area contributed by atoms with Crippen LogP contribution in [0.25, 0.3) is 65.4 Å². The Labute approximate surface area is 502 Å². The quantitative estimate of drug-likeness (QED) is 0.0198. The third-order valence-electron chi connectivity index (χ3n) is 14.5. The van der Waals surface area contributed by atoms with Gasteiger partial charge in [-0.2, -0.15) is 0 Å². The Kier molecular flexibility index (Phi) is 23.6. The van der Waals surface area contributed by atoms with E-state index in [9.17, 15) is 0 Å². The molecule has 12 N–H and O–H groups in total. The number of fused-ring (bicyclic) bond motifs is 9. The van der Waals surface area contributed by atoms with E-state index in [1.807, 2.05) is 0 Å². The zero-order chi connectivity index (χ0) is 62.4. The smallest absolute Gasteiger partial charge is 0.414 e. The first-order valence-electron chi connectivity index (χ1n) is 28.9. The van der Waals surface area contributed by atoms with Crippen LogP contribution < -0.4 is 31.9 Å². The molecule has 0 spiro atoms. The van der Waals surface area contributed by atoms with Crippen LogP contribution in [0.15, 0.2) is 146 Å². The van der Waals surface area contributed by atoms with Crippen molar-refractivity contribution in [2.75, 3.05) is 55.2 Å². The molecule has 21 nitrogen and oxygen atoms in total. The van der Waals surface area contributed by atoms with Crippen LogP contribution in [0.4, 0.5) is 17.1 Å². The molecule has 0 aliphatic carbocycles. The Morgan fingerprint density at radius 3 is 0.793 bits per heavy atom. The van der Waals surface area contributed by atoms with Crippen molar-refractivity contribution < 1.29 is 59.4 Å². The number of benzene rings is 7. The van der Waals surface area contributed by atoms with Crippen molar-refractivity contribution in [3.63, 3.8) is 0 Å². The minimum atomic E-state index is -1.82. The molecule has 0 saturated heterocycles. The molecule has 0 saturated carbocycles. The summed E-state index contributed by atoms with van der Waals surface area (Å²) in [6.45, 7) is 17.7. The first-order chi connectivity index (χ1) is 42.0. The van der Waals surface area contributed by atoms with Gasteiger partial charge in [0.05, 0.1) is 0 Å². The number of carboxylic acids is 6. The lowest BCUT2D eigenvalue weighted by Gasteiger charge is -2.14. The average Bonchev–Trinajstić information content (AvgIpc) is 1.84. The van der Waals surface area contributed by atoms with Crippen molar-refractivity contribution in [3.05, 3.63) is 162 Å². The lowest BCUT2D eigenvalue weighted by molar-refractivity contribution is -0.159. The monoisotopic (exact) mass is 1190 g/mol. The summed E-state index contributed by atoms with van der Waals surface area (Å²) in [5.74, 6) is -10.9. The standard InChI is InChI=1S/C60H69N9.3C2H2O4/c1-4-67-55-19-10-7-16-49(55)52-37-46(22-25-58(52)67)64-31-13-28-61-40-43-34-44(41-62-29-14-32-65-47-23-26-59-53(38-47)50-17-8-11-20-56(50)68(59)5-2)36-45(35-43)42-63-30-15-33-66-48-24-27-60-54(39-48)51-18-9-12-21-57(51)69(60)6-3;3*3-1(4)2(5)6/h7-12,16-27,34-39,61-66H,4-6,13-15,28-33,40-42H2,1-3H3;3*(H,3,4)(H,5,6). The number of hydrogen-bond acceptors (Lipinski definition) is 12. The van der Waals surface area contributed by atoms with Crippen molar-refractivity contribution in [2.24, 2.45) is 0 Å². The lowest BCUT2D eigenvalue weighted by atomic mass is 10.0. The van der Waals surface area contributed by atoms with Crippen LogP contribution in [-0.4, -0.2) is 119 Å². The minimum absolute atomic E-state index is 0.847. The van der Waals surface area contributed by atoms with Gasteiger partial charge in [-0.05, 0) is 149 Å². The first-order valence-corrected chi connectivity index (χ1v) is 28.9. The maximum atomic E-state index is 9.10. The van der Waals surface area contributed by atoms with Crippen molar-refractivity contribution in [3.8, 4) is 0 Å². The van der Waals surface area contributed by atoms with Gasteiger partial charge in [0, 0.05) is 141 Å². The largest absolute Gasteiger partial charge is 0.473 e. The number of nitrogens with zero attached hydrogens (tertiary/aromatic N) is 3. The highest BCUT2D eigenvalue weighted by atomic mass is 16.5. The predicted molar refractivity (Wildman–Crippen MR) is 342 cm³/mol. The molecule has 21 heteroatoms. The van der Waals surface area contributed by atoms with Gasteiger partial charge < -0.3 is 76.2 Å². The zero-order valence-electron chi connectivity index (χ0n) is 48.9. The van der Waals surface area contributed by atoms with Crippen molar-refractivity contribution in [1.82, 2.24) is 29.7 Å². The van der Waals surface area contributed by atoms with Gasteiger partial charge in [0.1, 0.15) is 0 Å². The van der Waals surface area contributed by atoms with Crippen LogP contribution in [0.3, 0.4) is 0 Å². The van der Waals surface area contributed by atoms with Crippen LogP contribution in [0.5, 0.6) is 0 Å². The Morgan fingerprint density at radius 1 is 0.310 bits per heavy atom. The van der Waals surface area contributed by atoms with E-state index in [0.29, 0.717) is 0 Å². The van der Waals surface area contributed by atoms with E-state index in [1.165, 1.54) is 99.2 Å². The molecule has 10 rings (SSSR count). The number of para-hydroxylation sites is 3. The van der Waals surface area contributed by atoms with E-state index in [-0.39, 0.29) is 0 Å². The molecule has 0 radical (unpaired) electrons. The SMILES string of the molecule is CCn1c2ccccc2c2cc(NCCCNCc3cc(CNCCCNc4ccc5c(c4)c4ccccc4n5CC)cc(CNCCCNc4ccc5c(c4)c4ccccc4n5CC)c3)ccc21.O=C(O)C(=O)O.O=C(O)C(=O)O.O=C(O)C(=O)O. The molecule has 0 atom stereocenters. The van der Waals surface area contributed by atoms with E-state index < -0.39 is 35.8 Å². The summed E-state index contributed by atoms with van der Waals surface area (Å²) >= 11 is 0. The predicted octanol–water partition coefficient (Wildman–Crippen LogP) is 10.3. The Balaban J connectivity index is 0.000000525. The number of carbonyl (C=O) groups is 6. The summed E-state index contributed by atoms with van der Waals surface area (Å²) in [6, 6.07) is 53.8. The number of aryl methyl sites for hydroxylation is 3. The van der Waals surface area contributed by atoms with Crippen LogP contribution in [0, 0.1) is 0 Å². The highest BCUT2D eigenvalue weighted by Gasteiger charge is 2.14. The van der Waals surface area contributed by atoms with Gasteiger partial charge in [-0.25, -0.2) is 28.8 Å². The average molecular weight is 1190 g/mol. The molecule has 456 valence electrons. The van der Waals surface area contributed by atoms with Crippen LogP contribution >= 0.6 is 0 Å². The van der Waals surface area contributed by atoms with Crippen molar-refractivity contribution in [2.45, 2.75) is 79.3 Å². The summed E-state index contributed by atoms with van der Waals surface area (Å²) < 4.78 is 7.23. The fraction of sp³-hybridized carbons (Fsp3) is 0.273. The van der Waals surface area contributed by atoms with Gasteiger partial charge in [-0.1, -0.05) is 72.8 Å². The Morgan fingerprint density at radius 2 is 0.552 bits per heavy atom. The molecule has 10 aromatic rings. The topological polar surface area (TPSA) is 311 Å². The molecule has 0 bridgehead atoms. The summed E-state index contributed by atoms with van der Waals surface area (Å²) in [5.41, 5.74) is 15.4. The van der Waals surface area contributed by atoms with Crippen LogP contribution in [0.1, 0.15) is 56.7 Å². The second kappa shape index (κ2) is 31.8. The normalized spacial score (nSPS) is 10.9. The van der Waals surface area contributed by atoms with E-state index in [2.05, 4.69) is 212 Å². The van der Waals surface area contributed by atoms with Gasteiger partial charge in [0.25, 0.3) is 0 Å². The number of carboxylic acid groups (broad SMARTS) is 6. The Bertz CT molecular complexity index is 3580. The summed E-state index contributed by atoms with van der Waals surface area (Å²) in [5, 5.41) is 74.6. The third kappa shape index (κ3) is 17.3. The van der Waals surface area contributed by atoms with Gasteiger partial charge in [0.2, 0.25) is 0 Å². The third-order valence-corrected chi connectivity index (χ3v) is 14.5. The lowest BCUT2D eigenvalue weighted by Crippen LogP contribution is -2.21. The molecular weight excluding hydrogens is 1110 g/mol. The summed E-state index contributed by atoms with van der Waals surface area (Å²) in [4.78, 5) is 54.6.